The zero-order valence-electron chi connectivity index (χ0n) is 18.4. The number of carbonyl (C=O) groups is 2. The third-order valence-electron chi connectivity index (χ3n) is 5.16. The van der Waals surface area contributed by atoms with E-state index in [0.717, 1.165) is 35.7 Å². The van der Waals surface area contributed by atoms with E-state index in [4.69, 9.17) is 0 Å². The second-order valence-electron chi connectivity index (χ2n) is 8.19. The number of nitrogens with zero attached hydrogens (tertiary/aromatic N) is 1. The van der Waals surface area contributed by atoms with Crippen LogP contribution in [0.2, 0.25) is 0 Å². The van der Waals surface area contributed by atoms with Gasteiger partial charge in [0.25, 0.3) is 0 Å². The molecule has 3 amide bonds. The first-order chi connectivity index (χ1) is 13.8. The molecular formula is C24H35N3O2. The third kappa shape index (κ3) is 6.29. The molecule has 2 aromatic carbocycles. The van der Waals surface area contributed by atoms with E-state index in [1.54, 1.807) is 0 Å². The van der Waals surface area contributed by atoms with Crippen LogP contribution in [0.3, 0.4) is 0 Å². The highest BCUT2D eigenvalue weighted by Crippen LogP contribution is 2.35. The van der Waals surface area contributed by atoms with E-state index in [1.807, 2.05) is 33.2 Å². The van der Waals surface area contributed by atoms with Crippen molar-refractivity contribution in [1.82, 2.24) is 15.5 Å². The average Bonchev–Trinajstić information content (AvgIpc) is 2.68. The molecule has 0 saturated heterocycles. The largest absolute Gasteiger partial charge is 0.338 e. The van der Waals surface area contributed by atoms with Crippen LogP contribution in [-0.2, 0) is 4.79 Å². The minimum Gasteiger partial charge on any atom is -0.338 e. The van der Waals surface area contributed by atoms with Crippen molar-refractivity contribution in [3.05, 3.63) is 47.5 Å². The van der Waals surface area contributed by atoms with Gasteiger partial charge in [-0.15, -0.1) is 0 Å². The van der Waals surface area contributed by atoms with Crippen LogP contribution >= 0.6 is 0 Å². The quantitative estimate of drug-likeness (QED) is 0.649. The Labute approximate surface area is 174 Å². The highest BCUT2D eigenvalue weighted by molar-refractivity contribution is 6.00. The summed E-state index contributed by atoms with van der Waals surface area (Å²) in [5.41, 5.74) is 2.22. The van der Waals surface area contributed by atoms with E-state index in [2.05, 4.69) is 53.6 Å². The lowest BCUT2D eigenvalue weighted by atomic mass is 9.82. The molecule has 2 aromatic rings. The summed E-state index contributed by atoms with van der Waals surface area (Å²) in [6, 6.07) is 12.0. The van der Waals surface area contributed by atoms with Crippen LogP contribution in [-0.4, -0.2) is 44.0 Å². The summed E-state index contributed by atoms with van der Waals surface area (Å²) in [7, 11) is 4.06. The minimum absolute atomic E-state index is 0.226. The second-order valence-corrected chi connectivity index (χ2v) is 8.19. The summed E-state index contributed by atoms with van der Waals surface area (Å²) in [5, 5.41) is 7.53. The van der Waals surface area contributed by atoms with Crippen molar-refractivity contribution in [2.75, 3.05) is 27.2 Å². The van der Waals surface area contributed by atoms with Crippen molar-refractivity contribution in [1.29, 1.82) is 0 Å². The van der Waals surface area contributed by atoms with E-state index in [0.29, 0.717) is 13.0 Å². The lowest BCUT2D eigenvalue weighted by Crippen LogP contribution is -2.42. The highest BCUT2D eigenvalue weighted by Gasteiger charge is 2.27. The Morgan fingerprint density at radius 1 is 1.07 bits per heavy atom. The number of benzene rings is 2. The SMILES string of the molecule is CCCNC(=O)NC(=O)C(CCCN(C)C)c1c(C(C)C)ccc2ccccc12. The van der Waals surface area contributed by atoms with Gasteiger partial charge in [-0.3, -0.25) is 10.1 Å². The van der Waals surface area contributed by atoms with Crippen molar-refractivity contribution in [2.24, 2.45) is 0 Å². The molecule has 0 bridgehead atoms. The first-order valence-corrected chi connectivity index (χ1v) is 10.6. The molecular weight excluding hydrogens is 362 g/mol. The minimum atomic E-state index is -0.416. The predicted molar refractivity (Wildman–Crippen MR) is 120 cm³/mol. The molecule has 0 heterocycles. The third-order valence-corrected chi connectivity index (χ3v) is 5.16. The second kappa shape index (κ2) is 11.0. The molecule has 0 spiro atoms. The summed E-state index contributed by atoms with van der Waals surface area (Å²) in [6.07, 6.45) is 2.40. The lowest BCUT2D eigenvalue weighted by Gasteiger charge is -2.24. The summed E-state index contributed by atoms with van der Waals surface area (Å²) in [4.78, 5) is 27.5. The Hall–Kier alpha value is -2.40. The van der Waals surface area contributed by atoms with Crippen LogP contribution in [0.25, 0.3) is 10.8 Å². The van der Waals surface area contributed by atoms with E-state index >= 15 is 0 Å². The molecule has 0 aliphatic heterocycles. The van der Waals surface area contributed by atoms with E-state index in [1.165, 1.54) is 5.56 Å². The number of rotatable bonds is 9. The van der Waals surface area contributed by atoms with E-state index in [-0.39, 0.29) is 17.7 Å². The van der Waals surface area contributed by atoms with Gasteiger partial charge in [0.2, 0.25) is 5.91 Å². The molecule has 0 aromatic heterocycles. The summed E-state index contributed by atoms with van der Waals surface area (Å²) in [6.45, 7) is 7.73. The number of hydrogen-bond acceptors (Lipinski definition) is 3. The molecule has 2 rings (SSSR count). The fourth-order valence-electron chi connectivity index (χ4n) is 3.70. The van der Waals surface area contributed by atoms with Gasteiger partial charge in [-0.2, -0.15) is 0 Å². The normalized spacial score (nSPS) is 12.4. The van der Waals surface area contributed by atoms with Gasteiger partial charge in [-0.25, -0.2) is 4.79 Å². The maximum atomic E-state index is 13.2. The topological polar surface area (TPSA) is 61.4 Å². The molecule has 2 N–H and O–H groups in total. The Morgan fingerprint density at radius 3 is 2.45 bits per heavy atom. The molecule has 5 heteroatoms. The van der Waals surface area contributed by atoms with Crippen molar-refractivity contribution >= 4 is 22.7 Å². The fourth-order valence-corrected chi connectivity index (χ4v) is 3.70. The van der Waals surface area contributed by atoms with Crippen molar-refractivity contribution in [3.8, 4) is 0 Å². The number of fused-ring (bicyclic) bond motifs is 1. The van der Waals surface area contributed by atoms with Crippen LogP contribution in [0.4, 0.5) is 4.79 Å². The Kier molecular flexibility index (Phi) is 8.65. The van der Waals surface area contributed by atoms with Gasteiger partial charge in [-0.05, 0) is 67.7 Å². The number of urea groups is 1. The van der Waals surface area contributed by atoms with Crippen molar-refractivity contribution < 1.29 is 9.59 Å². The summed E-state index contributed by atoms with van der Waals surface area (Å²) >= 11 is 0. The molecule has 0 aliphatic carbocycles. The monoisotopic (exact) mass is 397 g/mol. The van der Waals surface area contributed by atoms with Gasteiger partial charge in [0.05, 0.1) is 5.92 Å². The molecule has 0 aliphatic rings. The summed E-state index contributed by atoms with van der Waals surface area (Å²) < 4.78 is 0. The molecule has 158 valence electrons. The molecule has 1 atom stereocenters. The van der Waals surface area contributed by atoms with Gasteiger partial charge < -0.3 is 10.2 Å². The van der Waals surface area contributed by atoms with Gasteiger partial charge in [0, 0.05) is 6.54 Å². The summed E-state index contributed by atoms with van der Waals surface area (Å²) in [5.74, 6) is -0.311. The molecule has 0 saturated carbocycles. The zero-order valence-corrected chi connectivity index (χ0v) is 18.4. The molecule has 1 unspecified atom stereocenters. The van der Waals surface area contributed by atoms with Crippen LogP contribution in [0.5, 0.6) is 0 Å². The van der Waals surface area contributed by atoms with Gasteiger partial charge in [0.15, 0.2) is 0 Å². The average molecular weight is 398 g/mol. The fraction of sp³-hybridized carbons (Fsp3) is 0.500. The molecule has 0 fully saturated rings. The first kappa shape index (κ1) is 22.9. The molecule has 5 nitrogen and oxygen atoms in total. The zero-order chi connectivity index (χ0) is 21.4. The molecule has 29 heavy (non-hydrogen) atoms. The van der Waals surface area contributed by atoms with Crippen LogP contribution in [0.15, 0.2) is 36.4 Å². The highest BCUT2D eigenvalue weighted by atomic mass is 16.2. The van der Waals surface area contributed by atoms with Crippen LogP contribution < -0.4 is 10.6 Å². The number of imide groups is 1. The smallest absolute Gasteiger partial charge is 0.321 e. The predicted octanol–water partition coefficient (Wildman–Crippen LogP) is 4.62. The molecule has 0 radical (unpaired) electrons. The van der Waals surface area contributed by atoms with E-state index < -0.39 is 6.03 Å². The van der Waals surface area contributed by atoms with Crippen LogP contribution in [0, 0.1) is 0 Å². The number of hydrogen-bond donors (Lipinski definition) is 2. The van der Waals surface area contributed by atoms with Crippen molar-refractivity contribution in [2.45, 2.75) is 51.9 Å². The van der Waals surface area contributed by atoms with Gasteiger partial charge in [0.1, 0.15) is 0 Å². The first-order valence-electron chi connectivity index (χ1n) is 10.6. The maximum absolute atomic E-state index is 13.2. The van der Waals surface area contributed by atoms with Gasteiger partial charge >= 0.3 is 6.03 Å². The number of nitrogens with one attached hydrogen (secondary N) is 2. The standard InChI is InChI=1S/C24H35N3O2/c1-6-15-25-24(29)26-23(28)21(12-9-16-27(4)5)22-19(17(2)3)14-13-18-10-7-8-11-20(18)22/h7-8,10-11,13-14,17,21H,6,9,12,15-16H2,1-5H3,(H2,25,26,28,29). The Morgan fingerprint density at radius 2 is 1.79 bits per heavy atom. The van der Waals surface area contributed by atoms with Crippen LogP contribution in [0.1, 0.15) is 63.0 Å². The van der Waals surface area contributed by atoms with Crippen molar-refractivity contribution in [3.63, 3.8) is 0 Å². The maximum Gasteiger partial charge on any atom is 0.321 e. The Balaban J connectivity index is 2.45. The Bertz CT molecular complexity index is 830. The van der Waals surface area contributed by atoms with Gasteiger partial charge in [-0.1, -0.05) is 57.2 Å². The number of amides is 3. The lowest BCUT2D eigenvalue weighted by molar-refractivity contribution is -0.121. The van der Waals surface area contributed by atoms with E-state index in [9.17, 15) is 9.59 Å². The number of carbonyl (C=O) groups excluding carboxylic acids is 2.